The Labute approximate surface area is 156 Å². The van der Waals surface area contributed by atoms with Gasteiger partial charge in [-0.15, -0.1) is 5.10 Å². The molecule has 0 fully saturated rings. The van der Waals surface area contributed by atoms with E-state index >= 15 is 0 Å². The number of nitrogens with zero attached hydrogens (tertiary/aromatic N) is 3. The zero-order valence-corrected chi connectivity index (χ0v) is 16.3. The summed E-state index contributed by atoms with van der Waals surface area (Å²) in [6.07, 6.45) is 3.35. The molecule has 0 bridgehead atoms. The van der Waals surface area contributed by atoms with Gasteiger partial charge in [0.2, 0.25) is 16.0 Å². The van der Waals surface area contributed by atoms with E-state index in [1.807, 2.05) is 16.8 Å². The molecule has 6 nitrogen and oxygen atoms in total. The van der Waals surface area contributed by atoms with Crippen LogP contribution >= 0.6 is 11.3 Å². The molecule has 2 N–H and O–H groups in total. The molecule has 1 amide bonds. The van der Waals surface area contributed by atoms with E-state index in [1.54, 1.807) is 11.3 Å². The molecule has 0 radical (unpaired) electrons. The van der Waals surface area contributed by atoms with E-state index in [9.17, 15) is 4.79 Å². The molecular formula is C19H23N5OS. The number of hydrogen-bond acceptors (Lipinski definition) is 5. The van der Waals surface area contributed by atoms with E-state index < -0.39 is 0 Å². The first kappa shape index (κ1) is 17.0. The number of hydrogen-bond donors (Lipinski definition) is 2. The number of aromatic nitrogens is 3. The van der Waals surface area contributed by atoms with Crippen LogP contribution in [0.15, 0.2) is 24.4 Å². The Bertz CT molecular complexity index is 950. The molecular weight excluding hydrogens is 346 g/mol. The molecule has 3 heterocycles. The lowest BCUT2D eigenvalue weighted by atomic mass is 9.93. The number of rotatable bonds is 3. The summed E-state index contributed by atoms with van der Waals surface area (Å²) in [6.45, 7) is 8.57. The van der Waals surface area contributed by atoms with Gasteiger partial charge in [0, 0.05) is 17.5 Å². The van der Waals surface area contributed by atoms with Crippen molar-refractivity contribution in [2.45, 2.75) is 52.0 Å². The number of carbonyl (C=O) groups excluding carboxylic acids is 1. The van der Waals surface area contributed by atoms with Crippen molar-refractivity contribution in [2.75, 3.05) is 10.6 Å². The predicted octanol–water partition coefficient (Wildman–Crippen LogP) is 4.15. The third-order valence-corrected chi connectivity index (χ3v) is 5.53. The molecule has 0 saturated heterocycles. The van der Waals surface area contributed by atoms with Crippen LogP contribution in [0.4, 0.5) is 10.8 Å². The number of benzene rings is 1. The van der Waals surface area contributed by atoms with E-state index in [0.29, 0.717) is 6.42 Å². The van der Waals surface area contributed by atoms with E-state index in [-0.39, 0.29) is 17.4 Å². The van der Waals surface area contributed by atoms with Gasteiger partial charge in [0.25, 0.3) is 0 Å². The molecule has 2 aromatic heterocycles. The minimum atomic E-state index is 0.0207. The quantitative estimate of drug-likeness (QED) is 0.728. The van der Waals surface area contributed by atoms with Crippen molar-refractivity contribution in [3.63, 3.8) is 0 Å². The Morgan fingerprint density at radius 1 is 1.31 bits per heavy atom. The summed E-state index contributed by atoms with van der Waals surface area (Å²) in [4.78, 5) is 17.1. The summed E-state index contributed by atoms with van der Waals surface area (Å²) < 4.78 is 1.85. The number of carbonyl (C=O) groups is 1. The largest absolute Gasteiger partial charge is 0.354 e. The van der Waals surface area contributed by atoms with Crippen LogP contribution in [0.3, 0.4) is 0 Å². The number of aryl methyl sites for hydroxylation is 1. The van der Waals surface area contributed by atoms with E-state index in [0.717, 1.165) is 27.9 Å². The van der Waals surface area contributed by atoms with Crippen LogP contribution in [0.25, 0.3) is 4.96 Å². The molecule has 4 rings (SSSR count). The number of fused-ring (bicyclic) bond motifs is 2. The first-order valence-electron chi connectivity index (χ1n) is 8.85. The fourth-order valence-electron chi connectivity index (χ4n) is 3.06. The number of imidazole rings is 1. The van der Waals surface area contributed by atoms with Gasteiger partial charge in [0.15, 0.2) is 0 Å². The van der Waals surface area contributed by atoms with Gasteiger partial charge < -0.3 is 10.6 Å². The first-order valence-corrected chi connectivity index (χ1v) is 9.67. The van der Waals surface area contributed by atoms with E-state index in [4.69, 9.17) is 0 Å². The highest BCUT2D eigenvalue weighted by Crippen LogP contribution is 2.30. The van der Waals surface area contributed by atoms with Crippen LogP contribution in [0.2, 0.25) is 0 Å². The predicted molar refractivity (Wildman–Crippen MR) is 105 cm³/mol. The summed E-state index contributed by atoms with van der Waals surface area (Å²) in [5, 5.41) is 11.9. The number of amides is 1. The zero-order chi connectivity index (χ0) is 18.5. The molecule has 1 unspecified atom stereocenters. The SMILES string of the molecule is CC(Nc1nn2cc(C(C)(C)C)nc2s1)c1ccc2c(c1)CCC(=O)N2. The number of anilines is 2. The summed E-state index contributed by atoms with van der Waals surface area (Å²) in [5.41, 5.74) is 4.38. The molecule has 1 aliphatic rings. The molecule has 136 valence electrons. The Morgan fingerprint density at radius 2 is 2.12 bits per heavy atom. The average molecular weight is 369 g/mol. The fraction of sp³-hybridized carbons (Fsp3) is 0.421. The third kappa shape index (κ3) is 3.19. The van der Waals surface area contributed by atoms with Crippen molar-refractivity contribution in [1.82, 2.24) is 14.6 Å². The molecule has 0 aliphatic carbocycles. The van der Waals surface area contributed by atoms with Gasteiger partial charge in [0.05, 0.1) is 17.9 Å². The Kier molecular flexibility index (Phi) is 3.99. The van der Waals surface area contributed by atoms with Crippen molar-refractivity contribution in [3.05, 3.63) is 41.2 Å². The van der Waals surface area contributed by atoms with E-state index in [1.165, 1.54) is 11.1 Å². The number of nitrogens with one attached hydrogen (secondary N) is 2. The molecule has 1 atom stereocenters. The van der Waals surface area contributed by atoms with Gasteiger partial charge >= 0.3 is 0 Å². The highest BCUT2D eigenvalue weighted by molar-refractivity contribution is 7.20. The van der Waals surface area contributed by atoms with Crippen LogP contribution in [-0.2, 0) is 16.6 Å². The van der Waals surface area contributed by atoms with Crippen molar-refractivity contribution in [2.24, 2.45) is 0 Å². The normalized spacial score (nSPS) is 15.6. The summed E-state index contributed by atoms with van der Waals surface area (Å²) in [6, 6.07) is 6.34. The molecule has 0 spiro atoms. The highest BCUT2D eigenvalue weighted by Gasteiger charge is 2.20. The van der Waals surface area contributed by atoms with Gasteiger partial charge in [-0.05, 0) is 30.5 Å². The van der Waals surface area contributed by atoms with Crippen LogP contribution in [0, 0.1) is 0 Å². The summed E-state index contributed by atoms with van der Waals surface area (Å²) in [7, 11) is 0. The van der Waals surface area contributed by atoms with Crippen LogP contribution < -0.4 is 10.6 Å². The van der Waals surface area contributed by atoms with Crippen molar-refractivity contribution in [3.8, 4) is 0 Å². The topological polar surface area (TPSA) is 71.3 Å². The maximum atomic E-state index is 11.5. The van der Waals surface area contributed by atoms with E-state index in [2.05, 4.69) is 60.5 Å². The highest BCUT2D eigenvalue weighted by atomic mass is 32.1. The monoisotopic (exact) mass is 369 g/mol. The van der Waals surface area contributed by atoms with Crippen LogP contribution in [0.5, 0.6) is 0 Å². The Morgan fingerprint density at radius 3 is 2.85 bits per heavy atom. The minimum Gasteiger partial charge on any atom is -0.354 e. The lowest BCUT2D eigenvalue weighted by molar-refractivity contribution is -0.116. The second kappa shape index (κ2) is 6.09. The summed E-state index contributed by atoms with van der Waals surface area (Å²) in [5.74, 6) is 0.0946. The van der Waals surface area contributed by atoms with Gasteiger partial charge in [0.1, 0.15) is 0 Å². The Hall–Kier alpha value is -2.41. The van der Waals surface area contributed by atoms with Crippen LogP contribution in [0.1, 0.15) is 57.0 Å². The minimum absolute atomic E-state index is 0.0207. The maximum absolute atomic E-state index is 11.5. The smallest absolute Gasteiger partial charge is 0.224 e. The Balaban J connectivity index is 1.53. The second-order valence-electron chi connectivity index (χ2n) is 7.84. The molecule has 3 aromatic rings. The molecule has 0 saturated carbocycles. The van der Waals surface area contributed by atoms with Crippen molar-refractivity contribution < 1.29 is 4.79 Å². The molecule has 7 heteroatoms. The lowest BCUT2D eigenvalue weighted by Gasteiger charge is -2.20. The maximum Gasteiger partial charge on any atom is 0.224 e. The third-order valence-electron chi connectivity index (χ3n) is 4.68. The van der Waals surface area contributed by atoms with Crippen molar-refractivity contribution >= 4 is 33.0 Å². The lowest BCUT2D eigenvalue weighted by Crippen LogP contribution is -2.19. The van der Waals surface area contributed by atoms with Crippen LogP contribution in [-0.4, -0.2) is 20.5 Å². The average Bonchev–Trinajstić information content (AvgIpc) is 3.12. The fourth-order valence-corrected chi connectivity index (χ4v) is 3.93. The molecule has 1 aromatic carbocycles. The summed E-state index contributed by atoms with van der Waals surface area (Å²) >= 11 is 1.56. The van der Waals surface area contributed by atoms with Crippen molar-refractivity contribution in [1.29, 1.82) is 0 Å². The molecule has 26 heavy (non-hydrogen) atoms. The van der Waals surface area contributed by atoms with Gasteiger partial charge in [-0.2, -0.15) is 0 Å². The van der Waals surface area contributed by atoms with Gasteiger partial charge in [-0.1, -0.05) is 44.2 Å². The standard InChI is InChI=1S/C19H23N5OS/c1-11(12-5-7-14-13(9-12)6-8-16(25)21-14)20-17-23-24-10-15(19(2,3)4)22-18(24)26-17/h5,7,9-11H,6,8H2,1-4H3,(H,20,23)(H,21,25). The van der Waals surface area contributed by atoms with Gasteiger partial charge in [-0.25, -0.2) is 9.50 Å². The zero-order valence-electron chi connectivity index (χ0n) is 15.5. The van der Waals surface area contributed by atoms with Gasteiger partial charge in [-0.3, -0.25) is 4.79 Å². The molecule has 1 aliphatic heterocycles. The second-order valence-corrected chi connectivity index (χ2v) is 8.80. The first-order chi connectivity index (χ1) is 12.3.